The van der Waals surface area contributed by atoms with Gasteiger partial charge >= 0.3 is 0 Å². The summed E-state index contributed by atoms with van der Waals surface area (Å²) in [4.78, 5) is 12.8. The molecule has 3 aromatic carbocycles. The summed E-state index contributed by atoms with van der Waals surface area (Å²) in [5.41, 5.74) is 3.90. The first-order chi connectivity index (χ1) is 14.7. The Morgan fingerprint density at radius 2 is 1.63 bits per heavy atom. The molecule has 0 saturated carbocycles. The summed E-state index contributed by atoms with van der Waals surface area (Å²) in [5.74, 6) is 1.03. The van der Waals surface area contributed by atoms with Gasteiger partial charge in [0.2, 0.25) is 0 Å². The van der Waals surface area contributed by atoms with Crippen LogP contribution in [0, 0.1) is 6.92 Å². The Morgan fingerprint density at radius 3 is 2.40 bits per heavy atom. The van der Waals surface area contributed by atoms with Gasteiger partial charge in [-0.25, -0.2) is 0 Å². The Labute approximate surface area is 175 Å². The summed E-state index contributed by atoms with van der Waals surface area (Å²) >= 11 is 0. The van der Waals surface area contributed by atoms with Gasteiger partial charge in [0.15, 0.2) is 0 Å². The van der Waals surface area contributed by atoms with Crippen molar-refractivity contribution >= 4 is 5.91 Å². The molecule has 150 valence electrons. The maximum atomic E-state index is 12.8. The van der Waals surface area contributed by atoms with Crippen LogP contribution in [0.2, 0.25) is 0 Å². The topological polar surface area (TPSA) is 64.4 Å². The van der Waals surface area contributed by atoms with E-state index in [2.05, 4.69) is 10.5 Å². The Morgan fingerprint density at radius 1 is 0.933 bits per heavy atom. The van der Waals surface area contributed by atoms with Gasteiger partial charge < -0.3 is 14.6 Å². The lowest BCUT2D eigenvalue weighted by Gasteiger charge is -2.09. The van der Waals surface area contributed by atoms with E-state index in [0.717, 1.165) is 22.4 Å². The van der Waals surface area contributed by atoms with Crippen molar-refractivity contribution in [2.75, 3.05) is 0 Å². The predicted octanol–water partition coefficient (Wildman–Crippen LogP) is 5.16. The van der Waals surface area contributed by atoms with Crippen molar-refractivity contribution in [3.05, 3.63) is 107 Å². The molecule has 0 radical (unpaired) electrons. The first-order valence-corrected chi connectivity index (χ1v) is 9.76. The summed E-state index contributed by atoms with van der Waals surface area (Å²) in [6.45, 7) is 2.61. The Hall–Kier alpha value is -3.86. The van der Waals surface area contributed by atoms with Crippen LogP contribution < -0.4 is 10.1 Å². The molecule has 1 heterocycles. The van der Waals surface area contributed by atoms with Crippen LogP contribution in [0.25, 0.3) is 11.3 Å². The van der Waals surface area contributed by atoms with E-state index in [9.17, 15) is 4.79 Å². The molecule has 0 aliphatic carbocycles. The van der Waals surface area contributed by atoms with Gasteiger partial charge in [-0.1, -0.05) is 78.0 Å². The van der Waals surface area contributed by atoms with Crippen LogP contribution in [0.1, 0.15) is 27.2 Å². The number of hydrogen-bond acceptors (Lipinski definition) is 4. The van der Waals surface area contributed by atoms with Gasteiger partial charge in [-0.15, -0.1) is 0 Å². The molecule has 0 atom stereocenters. The molecule has 4 rings (SSSR count). The van der Waals surface area contributed by atoms with Crippen LogP contribution in [0.15, 0.2) is 89.5 Å². The van der Waals surface area contributed by atoms with Crippen LogP contribution in [0.4, 0.5) is 0 Å². The fraction of sp³-hybridized carbons (Fsp3) is 0.120. The van der Waals surface area contributed by atoms with Gasteiger partial charge in [-0.3, -0.25) is 4.79 Å². The van der Waals surface area contributed by atoms with E-state index in [-0.39, 0.29) is 5.91 Å². The van der Waals surface area contributed by atoms with Crippen molar-refractivity contribution in [2.24, 2.45) is 0 Å². The summed E-state index contributed by atoms with van der Waals surface area (Å²) < 4.78 is 11.2. The normalized spacial score (nSPS) is 10.6. The average molecular weight is 398 g/mol. The number of amides is 1. The number of rotatable bonds is 7. The van der Waals surface area contributed by atoms with E-state index in [1.165, 1.54) is 0 Å². The molecule has 5 heteroatoms. The number of hydrogen-bond donors (Lipinski definition) is 1. The third kappa shape index (κ3) is 4.58. The molecule has 0 fully saturated rings. The lowest BCUT2D eigenvalue weighted by molar-refractivity contribution is 0.0950. The van der Waals surface area contributed by atoms with E-state index in [0.29, 0.717) is 30.2 Å². The zero-order valence-electron chi connectivity index (χ0n) is 16.7. The van der Waals surface area contributed by atoms with E-state index < -0.39 is 0 Å². The predicted molar refractivity (Wildman–Crippen MR) is 115 cm³/mol. The third-order valence-electron chi connectivity index (χ3n) is 4.74. The number of aryl methyl sites for hydroxylation is 1. The lowest BCUT2D eigenvalue weighted by Crippen LogP contribution is -2.23. The van der Waals surface area contributed by atoms with Gasteiger partial charge in [-0.05, 0) is 30.2 Å². The van der Waals surface area contributed by atoms with Crippen molar-refractivity contribution in [3.63, 3.8) is 0 Å². The summed E-state index contributed by atoms with van der Waals surface area (Å²) in [6, 6.07) is 27.3. The smallest absolute Gasteiger partial charge is 0.257 e. The Bertz CT molecular complexity index is 1120. The van der Waals surface area contributed by atoms with Crippen LogP contribution in [-0.4, -0.2) is 11.1 Å². The number of carbonyl (C=O) groups excluding carboxylic acids is 1. The molecule has 0 bridgehead atoms. The molecule has 0 unspecified atom stereocenters. The molecule has 1 amide bonds. The molecule has 5 nitrogen and oxygen atoms in total. The van der Waals surface area contributed by atoms with Crippen molar-refractivity contribution < 1.29 is 14.1 Å². The second-order valence-electron chi connectivity index (χ2n) is 6.93. The molecular formula is C25H22N2O3. The second-order valence-corrected chi connectivity index (χ2v) is 6.93. The number of ether oxygens (including phenoxy) is 1. The Kier molecular flexibility index (Phi) is 5.90. The fourth-order valence-electron chi connectivity index (χ4n) is 3.19. The molecule has 0 aliphatic rings. The molecule has 0 saturated heterocycles. The molecule has 1 aromatic heterocycles. The van der Waals surface area contributed by atoms with Crippen LogP contribution >= 0.6 is 0 Å². The zero-order chi connectivity index (χ0) is 20.8. The number of aromatic nitrogens is 1. The first kappa shape index (κ1) is 19.5. The highest BCUT2D eigenvalue weighted by Gasteiger charge is 2.21. The number of nitrogens with zero attached hydrogens (tertiary/aromatic N) is 1. The summed E-state index contributed by atoms with van der Waals surface area (Å²) in [6.07, 6.45) is 0. The molecule has 4 aromatic rings. The summed E-state index contributed by atoms with van der Waals surface area (Å²) in [7, 11) is 0. The van der Waals surface area contributed by atoms with Crippen molar-refractivity contribution in [2.45, 2.75) is 20.1 Å². The van der Waals surface area contributed by atoms with E-state index in [1.54, 1.807) is 6.92 Å². The minimum atomic E-state index is -0.219. The summed E-state index contributed by atoms with van der Waals surface area (Å²) in [5, 5.41) is 7.03. The molecule has 1 N–H and O–H groups in total. The highest BCUT2D eigenvalue weighted by atomic mass is 16.5. The minimum Gasteiger partial charge on any atom is -0.489 e. The monoisotopic (exact) mass is 398 g/mol. The van der Waals surface area contributed by atoms with Gasteiger partial charge in [0.25, 0.3) is 5.91 Å². The van der Waals surface area contributed by atoms with E-state index in [4.69, 9.17) is 9.26 Å². The van der Waals surface area contributed by atoms with Crippen LogP contribution in [-0.2, 0) is 13.2 Å². The minimum absolute atomic E-state index is 0.219. The Balaban J connectivity index is 1.42. The molecule has 30 heavy (non-hydrogen) atoms. The van der Waals surface area contributed by atoms with Crippen molar-refractivity contribution in [3.8, 4) is 17.0 Å². The van der Waals surface area contributed by atoms with E-state index >= 15 is 0 Å². The standard InChI is InChI=1S/C25H22N2O3/c1-18-23(24(27-30-18)21-12-6-3-7-13-21)25(28)26-16-20-11-8-14-22(15-20)29-17-19-9-4-2-5-10-19/h2-15H,16-17H2,1H3,(H,26,28). The number of carbonyl (C=O) groups is 1. The zero-order valence-corrected chi connectivity index (χ0v) is 16.7. The van der Waals surface area contributed by atoms with Crippen LogP contribution in [0.5, 0.6) is 5.75 Å². The third-order valence-corrected chi connectivity index (χ3v) is 4.74. The average Bonchev–Trinajstić information content (AvgIpc) is 3.19. The SMILES string of the molecule is Cc1onc(-c2ccccc2)c1C(=O)NCc1cccc(OCc2ccccc2)c1. The highest BCUT2D eigenvalue weighted by Crippen LogP contribution is 2.25. The maximum absolute atomic E-state index is 12.8. The fourth-order valence-corrected chi connectivity index (χ4v) is 3.19. The largest absolute Gasteiger partial charge is 0.489 e. The number of nitrogens with one attached hydrogen (secondary N) is 1. The van der Waals surface area contributed by atoms with E-state index in [1.807, 2.05) is 84.9 Å². The second kappa shape index (κ2) is 9.09. The van der Waals surface area contributed by atoms with Gasteiger partial charge in [0.1, 0.15) is 29.4 Å². The quantitative estimate of drug-likeness (QED) is 0.467. The van der Waals surface area contributed by atoms with Crippen molar-refractivity contribution in [1.29, 1.82) is 0 Å². The molecular weight excluding hydrogens is 376 g/mol. The molecule has 0 spiro atoms. The van der Waals surface area contributed by atoms with Crippen LogP contribution in [0.3, 0.4) is 0 Å². The maximum Gasteiger partial charge on any atom is 0.257 e. The van der Waals surface area contributed by atoms with Gasteiger partial charge in [-0.2, -0.15) is 0 Å². The first-order valence-electron chi connectivity index (χ1n) is 9.76. The highest BCUT2D eigenvalue weighted by molar-refractivity contribution is 6.00. The lowest BCUT2D eigenvalue weighted by atomic mass is 10.1. The van der Waals surface area contributed by atoms with Gasteiger partial charge in [0.05, 0.1) is 0 Å². The molecule has 0 aliphatic heterocycles. The number of benzene rings is 3. The van der Waals surface area contributed by atoms with Crippen molar-refractivity contribution in [1.82, 2.24) is 10.5 Å². The van der Waals surface area contributed by atoms with Gasteiger partial charge in [0, 0.05) is 12.1 Å².